The lowest BCUT2D eigenvalue weighted by Crippen LogP contribution is -1.90. The van der Waals surface area contributed by atoms with Crippen LogP contribution in [0.2, 0.25) is 0 Å². The van der Waals surface area contributed by atoms with E-state index in [-0.39, 0.29) is 0 Å². The Hall–Kier alpha value is -2.00. The Kier molecular flexibility index (Phi) is 3.38. The molecule has 0 N–H and O–H groups in total. The molecular weight excluding hydrogens is 300 g/mol. The van der Waals surface area contributed by atoms with Crippen molar-refractivity contribution in [3.8, 4) is 22.5 Å². The van der Waals surface area contributed by atoms with Crippen LogP contribution in [0.25, 0.3) is 22.5 Å². The molecule has 3 aromatic rings. The highest BCUT2D eigenvalue weighted by atomic mass is 79.9. The Morgan fingerprint density at radius 2 is 1.53 bits per heavy atom. The summed E-state index contributed by atoms with van der Waals surface area (Å²) in [4.78, 5) is 8.85. The Morgan fingerprint density at radius 1 is 0.737 bits per heavy atom. The third-order valence-corrected chi connectivity index (χ3v) is 3.40. The summed E-state index contributed by atoms with van der Waals surface area (Å²) in [5, 5.41) is 0. The largest absolute Gasteiger partial charge is 0.255 e. The molecule has 0 saturated carbocycles. The molecular formula is C16H11BrN2. The molecule has 0 atom stereocenters. The van der Waals surface area contributed by atoms with Crippen molar-refractivity contribution < 1.29 is 0 Å². The second-order valence-electron chi connectivity index (χ2n) is 4.12. The predicted molar refractivity (Wildman–Crippen MR) is 80.6 cm³/mol. The minimum atomic E-state index is 0.890. The van der Waals surface area contributed by atoms with Crippen LogP contribution < -0.4 is 0 Å². The van der Waals surface area contributed by atoms with Crippen molar-refractivity contribution in [3.05, 3.63) is 71.5 Å². The number of rotatable bonds is 2. The summed E-state index contributed by atoms with van der Waals surface area (Å²) < 4.78 is 1.07. The molecule has 0 saturated heterocycles. The first-order valence-electron chi connectivity index (χ1n) is 5.97. The summed E-state index contributed by atoms with van der Waals surface area (Å²) in [6.07, 6.45) is 3.59. The fourth-order valence-corrected chi connectivity index (χ4v) is 2.24. The summed E-state index contributed by atoms with van der Waals surface area (Å²) in [6.45, 7) is 0. The summed E-state index contributed by atoms with van der Waals surface area (Å²) in [6, 6.07) is 18.1. The maximum Gasteiger partial charge on any atom is 0.0964 e. The molecule has 0 aliphatic heterocycles. The van der Waals surface area contributed by atoms with Crippen LogP contribution in [0, 0.1) is 0 Å². The van der Waals surface area contributed by atoms with Gasteiger partial charge in [0.25, 0.3) is 0 Å². The van der Waals surface area contributed by atoms with Gasteiger partial charge in [0.15, 0.2) is 0 Å². The number of benzene rings is 1. The molecule has 1 aromatic carbocycles. The fraction of sp³-hybridized carbons (Fsp3) is 0. The first-order chi connectivity index (χ1) is 9.34. The highest BCUT2D eigenvalue weighted by Crippen LogP contribution is 2.29. The normalized spacial score (nSPS) is 10.4. The molecule has 0 fully saturated rings. The van der Waals surface area contributed by atoms with E-state index in [0.717, 1.165) is 27.0 Å². The van der Waals surface area contributed by atoms with E-state index in [1.165, 1.54) is 0 Å². The molecule has 0 aliphatic rings. The fourth-order valence-electron chi connectivity index (χ4n) is 1.97. The smallest absolute Gasteiger partial charge is 0.0964 e. The lowest BCUT2D eigenvalue weighted by Gasteiger charge is -2.08. The molecule has 3 rings (SSSR count). The number of aromatic nitrogens is 2. The number of pyridine rings is 2. The van der Waals surface area contributed by atoms with Gasteiger partial charge in [-0.3, -0.25) is 9.97 Å². The predicted octanol–water partition coefficient (Wildman–Crippen LogP) is 4.57. The third kappa shape index (κ3) is 2.56. The van der Waals surface area contributed by atoms with Gasteiger partial charge in [0.1, 0.15) is 0 Å². The first-order valence-corrected chi connectivity index (χ1v) is 6.76. The van der Waals surface area contributed by atoms with Crippen molar-refractivity contribution in [1.29, 1.82) is 0 Å². The third-order valence-electron chi connectivity index (χ3n) is 2.87. The van der Waals surface area contributed by atoms with Crippen LogP contribution >= 0.6 is 15.9 Å². The zero-order valence-electron chi connectivity index (χ0n) is 10.1. The molecule has 0 aliphatic carbocycles. The summed E-state index contributed by atoms with van der Waals surface area (Å²) in [5.74, 6) is 0. The maximum absolute atomic E-state index is 4.47. The Labute approximate surface area is 120 Å². The summed E-state index contributed by atoms with van der Waals surface area (Å²) in [5.41, 5.74) is 4.03. The van der Waals surface area contributed by atoms with Gasteiger partial charge in [-0.2, -0.15) is 0 Å². The quantitative estimate of drug-likeness (QED) is 0.692. The van der Waals surface area contributed by atoms with Crippen LogP contribution in [-0.4, -0.2) is 9.97 Å². The second-order valence-corrected chi connectivity index (χ2v) is 5.04. The Balaban J connectivity index is 2.15. The number of hydrogen-bond acceptors (Lipinski definition) is 2. The van der Waals surface area contributed by atoms with E-state index in [9.17, 15) is 0 Å². The number of nitrogens with zero attached hydrogens (tertiary/aromatic N) is 2. The van der Waals surface area contributed by atoms with Gasteiger partial charge in [-0.05, 0) is 35.9 Å². The van der Waals surface area contributed by atoms with Gasteiger partial charge in [0, 0.05) is 22.4 Å². The SMILES string of the molecule is Brc1ccc(-c2cccnc2-c2ccccn2)cc1. The Morgan fingerprint density at radius 3 is 2.26 bits per heavy atom. The van der Waals surface area contributed by atoms with Gasteiger partial charge in [-0.15, -0.1) is 0 Å². The summed E-state index contributed by atoms with van der Waals surface area (Å²) in [7, 11) is 0. The summed E-state index contributed by atoms with van der Waals surface area (Å²) >= 11 is 3.45. The van der Waals surface area contributed by atoms with Crippen LogP contribution in [0.15, 0.2) is 71.5 Å². The molecule has 0 unspecified atom stereocenters. The molecule has 0 bridgehead atoms. The minimum absolute atomic E-state index is 0.890. The highest BCUT2D eigenvalue weighted by molar-refractivity contribution is 9.10. The van der Waals surface area contributed by atoms with Crippen molar-refractivity contribution in [2.75, 3.05) is 0 Å². The topological polar surface area (TPSA) is 25.8 Å². The van der Waals surface area contributed by atoms with E-state index < -0.39 is 0 Å². The molecule has 19 heavy (non-hydrogen) atoms. The molecule has 3 heteroatoms. The second kappa shape index (κ2) is 5.33. The minimum Gasteiger partial charge on any atom is -0.255 e. The highest BCUT2D eigenvalue weighted by Gasteiger charge is 2.08. The standard InChI is InChI=1S/C16H11BrN2/c17-13-8-6-12(7-9-13)14-4-3-11-19-16(14)15-5-1-2-10-18-15/h1-11H. The molecule has 0 radical (unpaired) electrons. The molecule has 0 amide bonds. The zero-order chi connectivity index (χ0) is 13.1. The van der Waals surface area contributed by atoms with E-state index in [1.54, 1.807) is 12.4 Å². The lowest BCUT2D eigenvalue weighted by atomic mass is 10.0. The van der Waals surface area contributed by atoms with Crippen molar-refractivity contribution in [2.45, 2.75) is 0 Å². The van der Waals surface area contributed by atoms with Crippen LogP contribution in [0.4, 0.5) is 0 Å². The zero-order valence-corrected chi connectivity index (χ0v) is 11.7. The Bertz CT molecular complexity index is 679. The number of hydrogen-bond donors (Lipinski definition) is 0. The van der Waals surface area contributed by atoms with Crippen molar-refractivity contribution in [2.24, 2.45) is 0 Å². The van der Waals surface area contributed by atoms with Crippen LogP contribution in [0.3, 0.4) is 0 Å². The molecule has 0 spiro atoms. The van der Waals surface area contributed by atoms with E-state index in [0.29, 0.717) is 0 Å². The van der Waals surface area contributed by atoms with E-state index >= 15 is 0 Å². The van der Waals surface area contributed by atoms with Gasteiger partial charge in [0.2, 0.25) is 0 Å². The van der Waals surface area contributed by atoms with E-state index in [4.69, 9.17) is 0 Å². The molecule has 2 aromatic heterocycles. The van der Waals surface area contributed by atoms with E-state index in [2.05, 4.69) is 44.1 Å². The molecule has 2 heterocycles. The molecule has 2 nitrogen and oxygen atoms in total. The molecule has 92 valence electrons. The maximum atomic E-state index is 4.47. The van der Waals surface area contributed by atoms with Crippen molar-refractivity contribution in [3.63, 3.8) is 0 Å². The van der Waals surface area contributed by atoms with Crippen LogP contribution in [-0.2, 0) is 0 Å². The average Bonchev–Trinajstić information content (AvgIpc) is 2.49. The monoisotopic (exact) mass is 310 g/mol. The number of halogens is 1. The van der Waals surface area contributed by atoms with Crippen LogP contribution in [0.5, 0.6) is 0 Å². The van der Waals surface area contributed by atoms with Crippen molar-refractivity contribution >= 4 is 15.9 Å². The van der Waals surface area contributed by atoms with Gasteiger partial charge >= 0.3 is 0 Å². The van der Waals surface area contributed by atoms with Gasteiger partial charge in [0.05, 0.1) is 11.4 Å². The van der Waals surface area contributed by atoms with Gasteiger partial charge < -0.3 is 0 Å². The van der Waals surface area contributed by atoms with Gasteiger partial charge in [-0.1, -0.05) is 40.2 Å². The van der Waals surface area contributed by atoms with E-state index in [1.807, 2.05) is 36.4 Å². The van der Waals surface area contributed by atoms with Crippen LogP contribution in [0.1, 0.15) is 0 Å². The van der Waals surface area contributed by atoms with Gasteiger partial charge in [-0.25, -0.2) is 0 Å². The van der Waals surface area contributed by atoms with Crippen molar-refractivity contribution in [1.82, 2.24) is 9.97 Å². The first kappa shape index (κ1) is 12.1. The lowest BCUT2D eigenvalue weighted by molar-refractivity contribution is 1.25. The average molecular weight is 311 g/mol.